The Labute approximate surface area is 95.2 Å². The third-order valence-electron chi connectivity index (χ3n) is 2.10. The molecular formula is C9H19F3O3Si. The van der Waals surface area contributed by atoms with Gasteiger partial charge < -0.3 is 13.3 Å². The van der Waals surface area contributed by atoms with Crippen LogP contribution in [0.25, 0.3) is 0 Å². The van der Waals surface area contributed by atoms with Gasteiger partial charge in [-0.1, -0.05) is 13.3 Å². The number of hydrogen-bond donors (Lipinski definition) is 0. The van der Waals surface area contributed by atoms with E-state index in [9.17, 15) is 13.2 Å². The van der Waals surface area contributed by atoms with Gasteiger partial charge in [0.25, 0.3) is 0 Å². The fourth-order valence-corrected chi connectivity index (χ4v) is 3.31. The molecule has 0 aromatic carbocycles. The predicted octanol–water partition coefficient (Wildman–Crippen LogP) is 2.99. The van der Waals surface area contributed by atoms with E-state index in [4.69, 9.17) is 13.3 Å². The minimum Gasteiger partial charge on any atom is -0.377 e. The van der Waals surface area contributed by atoms with Gasteiger partial charge in [0.05, 0.1) is 0 Å². The van der Waals surface area contributed by atoms with Gasteiger partial charge in [-0.3, -0.25) is 0 Å². The first kappa shape index (κ1) is 15.9. The quantitative estimate of drug-likeness (QED) is 0.496. The van der Waals surface area contributed by atoms with Crippen LogP contribution in [-0.4, -0.2) is 35.8 Å². The van der Waals surface area contributed by atoms with Crippen LogP contribution in [0.4, 0.5) is 13.2 Å². The molecule has 0 aliphatic rings. The minimum atomic E-state index is -4.13. The summed E-state index contributed by atoms with van der Waals surface area (Å²) in [6.45, 7) is 1.96. The second kappa shape index (κ2) is 7.26. The molecule has 0 aliphatic carbocycles. The van der Waals surface area contributed by atoms with E-state index in [1.165, 1.54) is 14.2 Å². The highest BCUT2D eigenvalue weighted by Crippen LogP contribution is 2.22. The maximum Gasteiger partial charge on any atom is 0.500 e. The summed E-state index contributed by atoms with van der Waals surface area (Å²) in [6, 6.07) is 0.617. The van der Waals surface area contributed by atoms with E-state index in [0.29, 0.717) is 6.04 Å². The molecule has 3 nitrogen and oxygen atoms in total. The standard InChI is InChI=1S/C9H19F3O3Si/c1-4-8-16(13-2,14-3)15-7-5-6-9(10,11)12/h4-8H2,1-3H3. The van der Waals surface area contributed by atoms with Gasteiger partial charge in [-0.2, -0.15) is 13.2 Å². The van der Waals surface area contributed by atoms with Gasteiger partial charge >= 0.3 is 15.0 Å². The Morgan fingerprint density at radius 2 is 1.69 bits per heavy atom. The third-order valence-corrected chi connectivity index (χ3v) is 5.11. The van der Waals surface area contributed by atoms with Crippen LogP contribution in [0, 0.1) is 0 Å². The minimum absolute atomic E-state index is 0.0212. The molecule has 0 bridgehead atoms. The summed E-state index contributed by atoms with van der Waals surface area (Å²) >= 11 is 0. The fraction of sp³-hybridized carbons (Fsp3) is 1.00. The molecule has 0 aromatic heterocycles. The van der Waals surface area contributed by atoms with Crippen molar-refractivity contribution in [2.45, 2.75) is 38.4 Å². The Hall–Kier alpha value is -0.113. The van der Waals surface area contributed by atoms with Gasteiger partial charge in [-0.15, -0.1) is 0 Å². The van der Waals surface area contributed by atoms with E-state index in [-0.39, 0.29) is 13.0 Å². The van der Waals surface area contributed by atoms with Gasteiger partial charge in [0.15, 0.2) is 0 Å². The second-order valence-electron chi connectivity index (χ2n) is 3.41. The summed E-state index contributed by atoms with van der Waals surface area (Å²) in [5, 5.41) is 0. The average Bonchev–Trinajstić information content (AvgIpc) is 2.21. The first-order valence-corrected chi connectivity index (χ1v) is 7.13. The molecule has 0 aromatic rings. The summed E-state index contributed by atoms with van der Waals surface area (Å²) < 4.78 is 51.3. The van der Waals surface area contributed by atoms with Gasteiger partial charge in [0, 0.05) is 33.3 Å². The van der Waals surface area contributed by atoms with E-state index in [0.717, 1.165) is 6.42 Å². The van der Waals surface area contributed by atoms with Crippen LogP contribution < -0.4 is 0 Å². The van der Waals surface area contributed by atoms with Crippen LogP contribution in [0.1, 0.15) is 26.2 Å². The van der Waals surface area contributed by atoms with Crippen molar-refractivity contribution in [1.82, 2.24) is 0 Å². The molecule has 0 saturated heterocycles. The van der Waals surface area contributed by atoms with E-state index >= 15 is 0 Å². The molecule has 0 saturated carbocycles. The molecule has 0 amide bonds. The van der Waals surface area contributed by atoms with Gasteiger partial charge in [-0.05, 0) is 6.42 Å². The lowest BCUT2D eigenvalue weighted by atomic mass is 10.3. The molecule has 0 atom stereocenters. The highest BCUT2D eigenvalue weighted by Gasteiger charge is 2.38. The van der Waals surface area contributed by atoms with E-state index in [1.807, 2.05) is 6.92 Å². The molecular weight excluding hydrogens is 241 g/mol. The summed E-state index contributed by atoms with van der Waals surface area (Å²) in [7, 11) is 0.228. The van der Waals surface area contributed by atoms with Crippen LogP contribution in [0.2, 0.25) is 6.04 Å². The molecule has 0 unspecified atom stereocenters. The van der Waals surface area contributed by atoms with Gasteiger partial charge in [-0.25, -0.2) is 0 Å². The Balaban J connectivity index is 3.93. The zero-order valence-electron chi connectivity index (χ0n) is 9.89. The van der Waals surface area contributed by atoms with Crippen molar-refractivity contribution >= 4 is 8.80 Å². The maximum absolute atomic E-state index is 11.9. The van der Waals surface area contributed by atoms with Crippen molar-refractivity contribution in [2.24, 2.45) is 0 Å². The normalized spacial score (nSPS) is 13.1. The molecule has 0 heterocycles. The van der Waals surface area contributed by atoms with Crippen LogP contribution in [0.5, 0.6) is 0 Å². The lowest BCUT2D eigenvalue weighted by molar-refractivity contribution is -0.137. The largest absolute Gasteiger partial charge is 0.500 e. The lowest BCUT2D eigenvalue weighted by Gasteiger charge is -2.26. The molecule has 0 aliphatic heterocycles. The fourth-order valence-electron chi connectivity index (χ4n) is 1.28. The predicted molar refractivity (Wildman–Crippen MR) is 56.1 cm³/mol. The smallest absolute Gasteiger partial charge is 0.377 e. The number of rotatable bonds is 8. The average molecular weight is 260 g/mol. The van der Waals surface area contributed by atoms with E-state index < -0.39 is 21.4 Å². The van der Waals surface area contributed by atoms with Crippen molar-refractivity contribution in [1.29, 1.82) is 0 Å². The molecule has 0 rings (SSSR count). The van der Waals surface area contributed by atoms with Crippen LogP contribution in [-0.2, 0) is 13.3 Å². The first-order valence-electron chi connectivity index (χ1n) is 5.20. The van der Waals surface area contributed by atoms with Gasteiger partial charge in [0.1, 0.15) is 0 Å². The summed E-state index contributed by atoms with van der Waals surface area (Å²) in [6.07, 6.45) is -4.21. The summed E-state index contributed by atoms with van der Waals surface area (Å²) in [5.41, 5.74) is 0. The summed E-state index contributed by atoms with van der Waals surface area (Å²) in [4.78, 5) is 0. The Kier molecular flexibility index (Phi) is 7.21. The number of hydrogen-bond acceptors (Lipinski definition) is 3. The van der Waals surface area contributed by atoms with Crippen molar-refractivity contribution in [2.75, 3.05) is 20.8 Å². The molecule has 16 heavy (non-hydrogen) atoms. The zero-order chi connectivity index (χ0) is 12.7. The Bertz CT molecular complexity index is 183. The van der Waals surface area contributed by atoms with Crippen molar-refractivity contribution in [3.63, 3.8) is 0 Å². The van der Waals surface area contributed by atoms with Gasteiger partial charge in [0.2, 0.25) is 0 Å². The molecule has 0 radical (unpaired) electrons. The third kappa shape index (κ3) is 6.47. The van der Waals surface area contributed by atoms with Crippen molar-refractivity contribution < 1.29 is 26.4 Å². The highest BCUT2D eigenvalue weighted by molar-refractivity contribution is 6.60. The second-order valence-corrected chi connectivity index (χ2v) is 6.38. The van der Waals surface area contributed by atoms with Crippen LogP contribution in [0.15, 0.2) is 0 Å². The lowest BCUT2D eigenvalue weighted by Crippen LogP contribution is -2.44. The molecule has 7 heteroatoms. The first-order chi connectivity index (χ1) is 7.39. The molecule has 0 N–H and O–H groups in total. The number of halogens is 3. The molecule has 98 valence electrons. The monoisotopic (exact) mass is 260 g/mol. The number of alkyl halides is 3. The molecule has 0 spiro atoms. The van der Waals surface area contributed by atoms with E-state index in [1.54, 1.807) is 0 Å². The SMILES string of the molecule is CCC[Si](OC)(OC)OCCCC(F)(F)F. The molecule has 0 fully saturated rings. The van der Waals surface area contributed by atoms with Crippen LogP contribution in [0.3, 0.4) is 0 Å². The Morgan fingerprint density at radius 3 is 2.06 bits per heavy atom. The van der Waals surface area contributed by atoms with E-state index in [2.05, 4.69) is 0 Å². The van der Waals surface area contributed by atoms with Crippen molar-refractivity contribution in [3.8, 4) is 0 Å². The topological polar surface area (TPSA) is 27.7 Å². The van der Waals surface area contributed by atoms with Crippen LogP contribution >= 0.6 is 0 Å². The Morgan fingerprint density at radius 1 is 1.12 bits per heavy atom. The summed E-state index contributed by atoms with van der Waals surface area (Å²) in [5.74, 6) is 0. The maximum atomic E-state index is 11.9. The zero-order valence-corrected chi connectivity index (χ0v) is 10.9. The highest BCUT2D eigenvalue weighted by atomic mass is 28.4. The van der Waals surface area contributed by atoms with Crippen molar-refractivity contribution in [3.05, 3.63) is 0 Å².